The molecule has 0 unspecified atom stereocenters. The number of aromatic nitrogens is 1. The molecule has 1 aromatic carbocycles. The molecular formula is C14H10N2O4. The minimum absolute atomic E-state index is 0.0569. The van der Waals surface area contributed by atoms with Crippen LogP contribution >= 0.6 is 0 Å². The zero-order valence-electron chi connectivity index (χ0n) is 10.5. The second-order valence-electron chi connectivity index (χ2n) is 4.43. The largest absolute Gasteiger partial charge is 0.494 e. The molecule has 0 atom stereocenters. The number of benzene rings is 1. The summed E-state index contributed by atoms with van der Waals surface area (Å²) in [6.45, 7) is 1.21. The molecule has 0 bridgehead atoms. The molecule has 6 nitrogen and oxygen atoms in total. The molecule has 100 valence electrons. The van der Waals surface area contributed by atoms with Crippen LogP contribution in [0.5, 0.6) is 11.8 Å². The van der Waals surface area contributed by atoms with Crippen LogP contribution in [0.2, 0.25) is 0 Å². The van der Waals surface area contributed by atoms with E-state index in [1.54, 1.807) is 24.3 Å². The van der Waals surface area contributed by atoms with Gasteiger partial charge in [-0.1, -0.05) is 24.3 Å². The van der Waals surface area contributed by atoms with E-state index < -0.39 is 11.7 Å². The van der Waals surface area contributed by atoms with Crippen LogP contribution in [-0.4, -0.2) is 32.6 Å². The average molecular weight is 270 g/mol. The molecule has 1 aromatic heterocycles. The van der Waals surface area contributed by atoms with Crippen LogP contribution in [0.15, 0.2) is 29.3 Å². The molecule has 0 saturated carbocycles. The molecule has 1 heterocycles. The molecule has 0 fully saturated rings. The molecule has 1 aliphatic carbocycles. The van der Waals surface area contributed by atoms with Gasteiger partial charge < -0.3 is 10.2 Å². The van der Waals surface area contributed by atoms with E-state index in [0.29, 0.717) is 11.1 Å². The first-order chi connectivity index (χ1) is 9.50. The number of amides is 1. The fraction of sp³-hybridized carbons (Fsp3) is 0.0714. The molecule has 0 radical (unpaired) electrons. The number of nitrogens with one attached hydrogen (secondary N) is 1. The molecule has 3 rings (SSSR count). The highest BCUT2D eigenvalue weighted by Gasteiger charge is 2.35. The second kappa shape index (κ2) is 4.06. The normalized spacial score (nSPS) is 15.1. The van der Waals surface area contributed by atoms with Crippen LogP contribution in [0.1, 0.15) is 22.8 Å². The van der Waals surface area contributed by atoms with Crippen molar-refractivity contribution in [2.45, 2.75) is 6.92 Å². The number of aromatic hydroxyl groups is 2. The summed E-state index contributed by atoms with van der Waals surface area (Å²) in [5.74, 6) is -1.68. The van der Waals surface area contributed by atoms with Crippen molar-refractivity contribution in [3.8, 4) is 22.9 Å². The maximum Gasteiger partial charge on any atom is 0.243 e. The minimum atomic E-state index is -0.557. The zero-order valence-corrected chi connectivity index (χ0v) is 10.5. The number of carbonyl (C=O) groups excluding carboxylic acids is 2. The van der Waals surface area contributed by atoms with Gasteiger partial charge in [-0.15, -0.1) is 0 Å². The molecule has 1 aliphatic rings. The monoisotopic (exact) mass is 270 g/mol. The summed E-state index contributed by atoms with van der Waals surface area (Å²) in [6.07, 6.45) is 0. The van der Waals surface area contributed by atoms with Crippen molar-refractivity contribution < 1.29 is 19.8 Å². The highest BCUT2D eigenvalue weighted by atomic mass is 16.3. The van der Waals surface area contributed by atoms with Crippen molar-refractivity contribution in [2.24, 2.45) is 4.99 Å². The molecule has 0 spiro atoms. The van der Waals surface area contributed by atoms with Crippen LogP contribution in [-0.2, 0) is 4.79 Å². The fourth-order valence-corrected chi connectivity index (χ4v) is 2.37. The van der Waals surface area contributed by atoms with E-state index >= 15 is 0 Å². The average Bonchev–Trinajstić information content (AvgIpc) is 2.69. The number of H-pyrrole nitrogens is 1. The summed E-state index contributed by atoms with van der Waals surface area (Å²) in [4.78, 5) is 29.6. The summed E-state index contributed by atoms with van der Waals surface area (Å²) >= 11 is 0. The van der Waals surface area contributed by atoms with E-state index in [1.807, 2.05) is 0 Å². The van der Waals surface area contributed by atoms with Crippen LogP contribution in [0, 0.1) is 0 Å². The number of carbonyl (C=O) groups is 2. The lowest BCUT2D eigenvalue weighted by Gasteiger charge is -2.16. The number of aliphatic imine (C=N–C) groups is 1. The van der Waals surface area contributed by atoms with E-state index in [1.165, 1.54) is 6.92 Å². The van der Waals surface area contributed by atoms with Gasteiger partial charge in [-0.25, -0.2) is 4.99 Å². The summed E-state index contributed by atoms with van der Waals surface area (Å²) in [7, 11) is 0. The van der Waals surface area contributed by atoms with Gasteiger partial charge in [0.25, 0.3) is 0 Å². The second-order valence-corrected chi connectivity index (χ2v) is 4.43. The van der Waals surface area contributed by atoms with Gasteiger partial charge >= 0.3 is 0 Å². The van der Waals surface area contributed by atoms with Gasteiger partial charge in [0.05, 0.1) is 11.1 Å². The maximum absolute atomic E-state index is 12.4. The van der Waals surface area contributed by atoms with Gasteiger partial charge in [0.2, 0.25) is 17.6 Å². The highest BCUT2D eigenvalue weighted by molar-refractivity contribution is 6.56. The predicted molar refractivity (Wildman–Crippen MR) is 71.1 cm³/mol. The molecule has 3 N–H and O–H groups in total. The molecule has 6 heteroatoms. The summed E-state index contributed by atoms with van der Waals surface area (Å²) in [5, 5.41) is 19.7. The quantitative estimate of drug-likeness (QED) is 0.676. The van der Waals surface area contributed by atoms with E-state index in [2.05, 4.69) is 9.98 Å². The Morgan fingerprint density at radius 2 is 1.70 bits per heavy atom. The lowest BCUT2D eigenvalue weighted by Crippen LogP contribution is -2.22. The number of ketones is 1. The van der Waals surface area contributed by atoms with Crippen LogP contribution in [0.4, 0.5) is 0 Å². The maximum atomic E-state index is 12.4. The number of Topliss-reactive ketones (excluding diaryl/α,β-unsaturated/α-hetero) is 1. The first-order valence-electron chi connectivity index (χ1n) is 5.88. The number of rotatable bonds is 0. The summed E-state index contributed by atoms with van der Waals surface area (Å²) in [5.41, 5.74) is 0.984. The molecule has 20 heavy (non-hydrogen) atoms. The van der Waals surface area contributed by atoms with E-state index in [0.717, 1.165) is 0 Å². The van der Waals surface area contributed by atoms with Gasteiger partial charge in [0.15, 0.2) is 5.88 Å². The SMILES string of the molecule is CC(=O)N=C1C(=O)c2ccccc2-c2c(O)[nH]c(O)c21. The van der Waals surface area contributed by atoms with Crippen LogP contribution < -0.4 is 0 Å². The predicted octanol–water partition coefficient (Wildman–Crippen LogP) is 1.62. The Kier molecular flexibility index (Phi) is 2.47. The van der Waals surface area contributed by atoms with Crippen molar-refractivity contribution in [3.63, 3.8) is 0 Å². The number of nitrogens with zero attached hydrogens (tertiary/aromatic N) is 1. The van der Waals surface area contributed by atoms with Crippen molar-refractivity contribution in [3.05, 3.63) is 35.4 Å². The Balaban J connectivity index is 2.42. The van der Waals surface area contributed by atoms with Crippen molar-refractivity contribution in [1.82, 2.24) is 4.98 Å². The lowest BCUT2D eigenvalue weighted by atomic mass is 9.85. The highest BCUT2D eigenvalue weighted by Crippen LogP contribution is 2.43. The molecular weight excluding hydrogens is 260 g/mol. The number of aromatic amines is 1. The van der Waals surface area contributed by atoms with Crippen molar-refractivity contribution in [1.29, 1.82) is 0 Å². The fourth-order valence-electron chi connectivity index (χ4n) is 2.37. The van der Waals surface area contributed by atoms with Gasteiger partial charge in [-0.05, 0) is 5.56 Å². The Hall–Kier alpha value is -2.89. The zero-order chi connectivity index (χ0) is 14.4. The smallest absolute Gasteiger partial charge is 0.243 e. The van der Waals surface area contributed by atoms with Gasteiger partial charge in [0.1, 0.15) is 5.71 Å². The first kappa shape index (κ1) is 12.2. The standard InChI is InChI=1S/C14H10N2O4/c1-6(17)15-11-10-9(13(19)16-14(10)20)7-4-2-3-5-8(7)12(11)18/h2-5,16,19-20H,1H3. The number of fused-ring (bicyclic) bond motifs is 3. The Bertz CT molecular complexity index is 786. The van der Waals surface area contributed by atoms with E-state index in [-0.39, 0.29) is 28.6 Å². The van der Waals surface area contributed by atoms with Gasteiger partial charge in [0, 0.05) is 12.5 Å². The Morgan fingerprint density at radius 3 is 2.35 bits per heavy atom. The van der Waals surface area contributed by atoms with Gasteiger partial charge in [-0.2, -0.15) is 0 Å². The summed E-state index contributed by atoms with van der Waals surface area (Å²) < 4.78 is 0. The van der Waals surface area contributed by atoms with Crippen LogP contribution in [0.3, 0.4) is 0 Å². The van der Waals surface area contributed by atoms with Gasteiger partial charge in [-0.3, -0.25) is 14.6 Å². The first-order valence-corrected chi connectivity index (χ1v) is 5.88. The van der Waals surface area contributed by atoms with E-state index in [4.69, 9.17) is 0 Å². The third kappa shape index (κ3) is 1.55. The van der Waals surface area contributed by atoms with Crippen molar-refractivity contribution >= 4 is 17.4 Å². The molecule has 1 amide bonds. The van der Waals surface area contributed by atoms with E-state index in [9.17, 15) is 19.8 Å². The third-order valence-corrected chi connectivity index (χ3v) is 3.12. The summed E-state index contributed by atoms with van der Waals surface area (Å²) in [6, 6.07) is 6.63. The minimum Gasteiger partial charge on any atom is -0.494 e. The van der Waals surface area contributed by atoms with Crippen molar-refractivity contribution in [2.75, 3.05) is 0 Å². The molecule has 0 aliphatic heterocycles. The number of hydrogen-bond donors (Lipinski definition) is 3. The van der Waals surface area contributed by atoms with Crippen LogP contribution in [0.25, 0.3) is 11.1 Å². The topological polar surface area (TPSA) is 103 Å². The lowest BCUT2D eigenvalue weighted by molar-refractivity contribution is -0.115. The molecule has 2 aromatic rings. The Labute approximate surface area is 113 Å². The third-order valence-electron chi connectivity index (χ3n) is 3.12. The molecule has 0 saturated heterocycles. The Morgan fingerprint density at radius 1 is 1.10 bits per heavy atom. The number of hydrogen-bond acceptors (Lipinski definition) is 4.